The fourth-order valence-electron chi connectivity index (χ4n) is 8.76. The smallest absolute Gasteiger partial charge is 0.313 e. The highest BCUT2D eigenvalue weighted by atomic mass is 79.9. The predicted octanol–water partition coefficient (Wildman–Crippen LogP) is 4.19. The van der Waals surface area contributed by atoms with Gasteiger partial charge in [-0.15, -0.1) is 0 Å². The van der Waals surface area contributed by atoms with Crippen molar-refractivity contribution in [3.05, 3.63) is 58.6 Å². The zero-order valence-electron chi connectivity index (χ0n) is 29.2. The summed E-state index contributed by atoms with van der Waals surface area (Å²) < 4.78 is 19.2. The molecule has 12 heteroatoms. The molecule has 0 unspecified atom stereocenters. The molecule has 3 fully saturated rings. The summed E-state index contributed by atoms with van der Waals surface area (Å²) in [6, 6.07) is 6.63. The number of hydrogen-bond donors (Lipinski definition) is 2. The lowest BCUT2D eigenvalue weighted by atomic mass is 9.74. The predicted molar refractivity (Wildman–Crippen MR) is 189 cm³/mol. The Bertz CT molecular complexity index is 1480. The summed E-state index contributed by atoms with van der Waals surface area (Å²) in [6.45, 7) is 3.99. The van der Waals surface area contributed by atoms with Crippen molar-refractivity contribution >= 4 is 39.6 Å². The number of amides is 3. The number of cyclic esters (lactones) is 1. The number of aliphatic hydroxyl groups is 1. The number of nitrogens with zero attached hydrogens (tertiary/aromatic N) is 2. The van der Waals surface area contributed by atoms with Crippen LogP contribution in [0, 0.1) is 17.8 Å². The minimum absolute atomic E-state index is 0.0388. The van der Waals surface area contributed by atoms with Crippen LogP contribution in [0.3, 0.4) is 0 Å². The topological polar surface area (TPSA) is 135 Å². The molecule has 2 saturated heterocycles. The molecule has 3 amide bonds. The van der Waals surface area contributed by atoms with Gasteiger partial charge >= 0.3 is 5.97 Å². The number of benzene rings is 1. The van der Waals surface area contributed by atoms with Crippen LogP contribution in [0.25, 0.3) is 0 Å². The van der Waals surface area contributed by atoms with Crippen molar-refractivity contribution in [2.45, 2.75) is 107 Å². The van der Waals surface area contributed by atoms with Crippen LogP contribution < -0.4 is 5.32 Å². The van der Waals surface area contributed by atoms with Gasteiger partial charge in [0.1, 0.15) is 29.8 Å². The molecule has 1 aliphatic carbocycles. The third-order valence-electron chi connectivity index (χ3n) is 11.4. The maximum Gasteiger partial charge on any atom is 0.313 e. The summed E-state index contributed by atoms with van der Waals surface area (Å²) in [6.07, 6.45) is 9.95. The number of esters is 1. The first-order chi connectivity index (χ1) is 24.2. The maximum atomic E-state index is 15.2. The van der Waals surface area contributed by atoms with E-state index in [-0.39, 0.29) is 43.4 Å². The lowest BCUT2D eigenvalue weighted by Gasteiger charge is -2.43. The molecule has 4 heterocycles. The van der Waals surface area contributed by atoms with Gasteiger partial charge in [-0.25, -0.2) is 0 Å². The standard InChI is InChI=1S/C38H50BrN3O8/c1-4-23(2)28(21-43)42-34-36(46)41(25-16-10-6-11-17-25)19-13-7-12-18-29(44)40-27(22-48-3)32(24-14-8-5-9-15-24)49-37(47)30-31(35(42)45)38(34)20-26(39)33(30)50-38/h5,7-9,13-15,20,23,25,27-28,30-34,43H,4,6,10-12,16-19,21-22H2,1-3H3,(H,40,44)/b13-7-/t23-,27+,28-,30-,31+,32+,33-,34-,38+/m0/s1. The normalized spacial score (nSPS) is 34.2. The third-order valence-corrected chi connectivity index (χ3v) is 12.1. The minimum atomic E-state index is -1.45. The van der Waals surface area contributed by atoms with E-state index in [0.29, 0.717) is 29.4 Å². The highest BCUT2D eigenvalue weighted by Gasteiger charge is 2.76. The number of carbonyl (C=O) groups is 4. The Hall–Kier alpha value is -3.06. The third kappa shape index (κ3) is 6.68. The van der Waals surface area contributed by atoms with Crippen LogP contribution in [0.1, 0.15) is 76.9 Å². The fourth-order valence-corrected chi connectivity index (χ4v) is 9.49. The van der Waals surface area contributed by atoms with E-state index in [1.54, 1.807) is 4.90 Å². The van der Waals surface area contributed by atoms with E-state index < -0.39 is 59.6 Å². The SMILES string of the molecule is CC[C@H](C)[C@H](CO)N1C(=O)[C@H]2[C@@H]3C(=O)O[C@H](c4ccccc4)[C@@H](COC)NC(=O)CC/C=C\CN(C4CCCCC4)C(=O)[C@H]1[C@@]21C=C(Br)[C@@H]3O1. The molecule has 50 heavy (non-hydrogen) atoms. The molecule has 4 aliphatic heterocycles. The van der Waals surface area contributed by atoms with E-state index in [0.717, 1.165) is 32.1 Å². The van der Waals surface area contributed by atoms with Gasteiger partial charge in [0.2, 0.25) is 17.7 Å². The van der Waals surface area contributed by atoms with E-state index in [9.17, 15) is 19.5 Å². The molecule has 2 N–H and O–H groups in total. The second-order valence-electron chi connectivity index (χ2n) is 14.4. The summed E-state index contributed by atoms with van der Waals surface area (Å²) in [7, 11) is 1.52. The van der Waals surface area contributed by atoms with Crippen molar-refractivity contribution in [1.82, 2.24) is 15.1 Å². The van der Waals surface area contributed by atoms with E-state index in [1.807, 2.05) is 67.3 Å². The molecule has 6 rings (SSSR count). The highest BCUT2D eigenvalue weighted by molar-refractivity contribution is 9.11. The van der Waals surface area contributed by atoms with Crippen molar-refractivity contribution < 1.29 is 38.5 Å². The first-order valence-electron chi connectivity index (χ1n) is 18.1. The zero-order chi connectivity index (χ0) is 35.6. The molecule has 272 valence electrons. The van der Waals surface area contributed by atoms with Crippen molar-refractivity contribution in [2.75, 3.05) is 26.9 Å². The molecule has 1 aromatic rings. The Morgan fingerprint density at radius 3 is 2.48 bits per heavy atom. The molecule has 11 nitrogen and oxygen atoms in total. The Labute approximate surface area is 302 Å². The van der Waals surface area contributed by atoms with E-state index >= 15 is 4.79 Å². The number of carbonyl (C=O) groups excluding carboxylic acids is 4. The highest BCUT2D eigenvalue weighted by Crippen LogP contribution is 2.59. The monoisotopic (exact) mass is 755 g/mol. The molecular formula is C38H50BrN3O8. The molecule has 1 aromatic carbocycles. The quantitative estimate of drug-likeness (QED) is 0.298. The van der Waals surface area contributed by atoms with Crippen LogP contribution in [0.4, 0.5) is 0 Å². The van der Waals surface area contributed by atoms with Crippen LogP contribution in [0.2, 0.25) is 0 Å². The van der Waals surface area contributed by atoms with Crippen molar-refractivity contribution in [1.29, 1.82) is 0 Å². The number of likely N-dealkylation sites (tertiary alicyclic amines) is 1. The largest absolute Gasteiger partial charge is 0.455 e. The van der Waals surface area contributed by atoms with Crippen LogP contribution in [0.5, 0.6) is 0 Å². The van der Waals surface area contributed by atoms with Gasteiger partial charge in [0.15, 0.2) is 0 Å². The summed E-state index contributed by atoms with van der Waals surface area (Å²) in [4.78, 5) is 61.4. The van der Waals surface area contributed by atoms with Crippen LogP contribution in [-0.4, -0.2) is 101 Å². The number of rotatable bonds is 8. The molecule has 5 aliphatic rings. The van der Waals surface area contributed by atoms with Gasteiger partial charge in [0, 0.05) is 30.6 Å². The molecule has 1 saturated carbocycles. The van der Waals surface area contributed by atoms with Crippen LogP contribution in [-0.2, 0) is 33.4 Å². The van der Waals surface area contributed by atoms with E-state index in [2.05, 4.69) is 21.2 Å². The Morgan fingerprint density at radius 1 is 1.06 bits per heavy atom. The van der Waals surface area contributed by atoms with E-state index in [4.69, 9.17) is 14.2 Å². The molecule has 9 atom stereocenters. The van der Waals surface area contributed by atoms with Crippen LogP contribution in [0.15, 0.2) is 53.0 Å². The van der Waals surface area contributed by atoms with Gasteiger partial charge < -0.3 is 34.4 Å². The molecule has 5 bridgehead atoms. The number of methoxy groups -OCH3 is 1. The average molecular weight is 757 g/mol. The van der Waals surface area contributed by atoms with Gasteiger partial charge in [-0.3, -0.25) is 19.2 Å². The number of ether oxygens (including phenoxy) is 3. The summed E-state index contributed by atoms with van der Waals surface area (Å²) in [5.41, 5.74) is -0.794. The first-order valence-corrected chi connectivity index (χ1v) is 18.9. The Balaban J connectivity index is 1.49. The Kier molecular flexibility index (Phi) is 11.5. The number of fused-ring (bicyclic) bond motifs is 2. The fraction of sp³-hybridized carbons (Fsp3) is 0.632. The van der Waals surface area contributed by atoms with Crippen molar-refractivity contribution in [3.8, 4) is 0 Å². The lowest BCUT2D eigenvalue weighted by molar-refractivity contribution is -0.163. The maximum absolute atomic E-state index is 15.2. The Morgan fingerprint density at radius 2 is 1.80 bits per heavy atom. The number of nitrogens with one attached hydrogen (secondary N) is 1. The molecule has 0 aromatic heterocycles. The first kappa shape index (κ1) is 36.7. The zero-order valence-corrected chi connectivity index (χ0v) is 30.8. The van der Waals surface area contributed by atoms with Gasteiger partial charge in [-0.05, 0) is 36.8 Å². The summed E-state index contributed by atoms with van der Waals surface area (Å²) in [5.74, 6) is -3.82. The lowest BCUT2D eigenvalue weighted by Crippen LogP contribution is -2.61. The van der Waals surface area contributed by atoms with Crippen molar-refractivity contribution in [3.63, 3.8) is 0 Å². The minimum Gasteiger partial charge on any atom is -0.455 e. The van der Waals surface area contributed by atoms with E-state index in [1.165, 1.54) is 7.11 Å². The van der Waals surface area contributed by atoms with Crippen molar-refractivity contribution in [2.24, 2.45) is 17.8 Å². The number of allylic oxidation sites excluding steroid dienone is 1. The second kappa shape index (κ2) is 15.7. The molecule has 1 spiro atoms. The van der Waals surface area contributed by atoms with Gasteiger partial charge in [-0.2, -0.15) is 0 Å². The number of halogens is 1. The molecule has 0 radical (unpaired) electrons. The van der Waals surface area contributed by atoms with Gasteiger partial charge in [0.25, 0.3) is 0 Å². The summed E-state index contributed by atoms with van der Waals surface area (Å²) >= 11 is 3.65. The number of hydrogen-bond acceptors (Lipinski definition) is 8. The van der Waals surface area contributed by atoms with Crippen LogP contribution >= 0.6 is 15.9 Å². The number of aliphatic hydroxyl groups excluding tert-OH is 1. The summed E-state index contributed by atoms with van der Waals surface area (Å²) in [5, 5.41) is 13.8. The van der Waals surface area contributed by atoms with Gasteiger partial charge in [-0.1, -0.05) is 97.9 Å². The molecular weight excluding hydrogens is 706 g/mol. The van der Waals surface area contributed by atoms with Gasteiger partial charge in [0.05, 0.1) is 31.2 Å². The average Bonchev–Trinajstić information content (AvgIpc) is 3.72. The second-order valence-corrected chi connectivity index (χ2v) is 15.3.